The van der Waals surface area contributed by atoms with E-state index in [1.54, 1.807) is 58.5 Å². The number of aliphatic hydroxyl groups is 2. The summed E-state index contributed by atoms with van der Waals surface area (Å²) in [6.07, 6.45) is 13.6. The lowest BCUT2D eigenvalue weighted by Gasteiger charge is -2.36. The van der Waals surface area contributed by atoms with Crippen LogP contribution in [0.25, 0.3) is 0 Å². The Labute approximate surface area is 706 Å². The molecule has 4 N–H and O–H groups in total. The third kappa shape index (κ3) is 40.0. The number of alkyl halides is 1. The molecule has 0 amide bonds. The molecule has 0 spiro atoms. The number of carbonyl (C=O) groups excluding carboxylic acids is 2. The van der Waals surface area contributed by atoms with Crippen LogP contribution in [0.2, 0.25) is 72.5 Å². The fourth-order valence-corrected chi connectivity index (χ4v) is 11.3. The van der Waals surface area contributed by atoms with Gasteiger partial charge in [0.2, 0.25) is 0 Å². The molecule has 9 aromatic heterocycles. The fraction of sp³-hybridized carbons (Fsp3) is 0.460. The highest BCUT2D eigenvalue weighted by molar-refractivity contribution is 6.75. The number of rotatable bonds is 17. The molecule has 0 aliphatic rings. The van der Waals surface area contributed by atoms with E-state index >= 15 is 0 Å². The molecule has 9 heterocycles. The summed E-state index contributed by atoms with van der Waals surface area (Å²) in [5.41, 5.74) is 10.6. The lowest BCUT2D eigenvalue weighted by molar-refractivity contribution is 0.0585. The van der Waals surface area contributed by atoms with E-state index in [9.17, 15) is 31.5 Å². The minimum atomic E-state index is -1.84. The molecule has 9 rings (SSSR count). The van der Waals surface area contributed by atoms with E-state index in [-0.39, 0.29) is 80.6 Å². The van der Waals surface area contributed by atoms with E-state index in [2.05, 4.69) is 196 Å². The summed E-state index contributed by atoms with van der Waals surface area (Å²) in [6.45, 7) is 58.0. The van der Waals surface area contributed by atoms with Gasteiger partial charge in [0.15, 0.2) is 44.8 Å². The highest BCUT2D eigenvalue weighted by Crippen LogP contribution is 2.40. The number of aliphatic hydroxyl groups excluding tert-OH is 2. The van der Waals surface area contributed by atoms with Crippen LogP contribution in [0.1, 0.15) is 183 Å². The van der Waals surface area contributed by atoms with Gasteiger partial charge >= 0.3 is 11.9 Å². The third-order valence-corrected chi connectivity index (χ3v) is 37.9. The van der Waals surface area contributed by atoms with Gasteiger partial charge in [-0.05, 0) is 192 Å². The Morgan fingerprint density at radius 2 is 0.610 bits per heavy atom. The van der Waals surface area contributed by atoms with Crippen LogP contribution in [0.3, 0.4) is 0 Å². The normalized spacial score (nSPS) is 11.4. The number of ether oxygens (including phenoxy) is 2. The van der Waals surface area contributed by atoms with Crippen LogP contribution in [-0.2, 0) is 72.7 Å². The molecular weight excluding hydrogens is 1610 g/mol. The number of esters is 2. The zero-order valence-electron chi connectivity index (χ0n) is 74.5. The smallest absolute Gasteiger partial charge is 0.356 e. The molecule has 0 fully saturated rings. The van der Waals surface area contributed by atoms with Gasteiger partial charge in [-0.3, -0.25) is 34.9 Å². The van der Waals surface area contributed by atoms with Crippen LogP contribution in [0.15, 0.2) is 135 Å². The number of pyridine rings is 9. The van der Waals surface area contributed by atoms with Gasteiger partial charge in [-0.15, -0.1) is 11.6 Å². The molecule has 9 aromatic rings. The first-order chi connectivity index (χ1) is 54.4. The molecule has 31 heteroatoms. The Kier molecular flexibility index (Phi) is 45.4. The first kappa shape index (κ1) is 107. The van der Waals surface area contributed by atoms with Gasteiger partial charge in [-0.25, -0.2) is 41.5 Å². The van der Waals surface area contributed by atoms with Crippen LogP contribution in [-0.4, -0.2) is 125 Å². The molecular formula is C87H127ClF5N9O12Si4. The Morgan fingerprint density at radius 3 is 0.881 bits per heavy atom. The van der Waals surface area contributed by atoms with Crippen molar-refractivity contribution in [2.24, 2.45) is 0 Å². The summed E-state index contributed by atoms with van der Waals surface area (Å²) in [5.74, 6) is -2.70. The highest BCUT2D eigenvalue weighted by Gasteiger charge is 2.40. The predicted molar refractivity (Wildman–Crippen MR) is 466 cm³/mol. The van der Waals surface area contributed by atoms with Crippen LogP contribution < -0.4 is 0 Å². The van der Waals surface area contributed by atoms with E-state index in [1.165, 1.54) is 80.8 Å². The van der Waals surface area contributed by atoms with Crippen LogP contribution >= 0.6 is 11.6 Å². The van der Waals surface area contributed by atoms with Crippen molar-refractivity contribution >= 4 is 56.8 Å². The summed E-state index contributed by atoms with van der Waals surface area (Å²) < 4.78 is 97.9. The predicted octanol–water partition coefficient (Wildman–Crippen LogP) is 21.4. The fourth-order valence-electron chi connectivity index (χ4n) is 7.38. The minimum Gasteiger partial charge on any atom is -0.506 e. The molecule has 0 radical (unpaired) electrons. The molecule has 21 nitrogen and oxygen atoms in total. The molecule has 0 atom stereocenters. The van der Waals surface area contributed by atoms with Gasteiger partial charge in [0.1, 0.15) is 40.4 Å². The number of carbonyl (C=O) groups is 2. The molecule has 0 unspecified atom stereocenters. The number of aromatic hydroxyl groups is 2. The van der Waals surface area contributed by atoms with Gasteiger partial charge in [-0.2, -0.15) is 0 Å². The van der Waals surface area contributed by atoms with Gasteiger partial charge in [0.05, 0.1) is 112 Å². The Balaban J connectivity index is 0.000000670. The number of hydrogen-bond donors (Lipinski definition) is 4. The SMILES string of the molecule is CC(C)(C)[Si](C)(C)OCc1cc(F)c(O)cn1.COC(=O)c1ccc(C)cn1.COC(=O)c1ccc(O)cn1.Cc1ccc(CO)nc1.Cc1ccc(CO[Si](C)(C)C(C)(C)C)nc1.Cc1cnc(CCl)cc1F.Cc1cnc(CO)cc1F.Cc1cnc(CO[Si](C)(C)C(C)(C)C)cc1F.Cc1cnc(CO[Si](C)(C)C(C)(C)C)cc1F. The van der Waals surface area contributed by atoms with Crippen molar-refractivity contribution in [3.8, 4) is 11.5 Å². The summed E-state index contributed by atoms with van der Waals surface area (Å²) in [5, 5.41) is 35.6. The Bertz CT molecular complexity index is 4210. The molecule has 0 saturated heterocycles. The molecule has 0 aromatic carbocycles. The Hall–Kier alpha value is -8.54. The topological polar surface area (TPSA) is 286 Å². The van der Waals surface area contributed by atoms with Crippen LogP contribution in [0.4, 0.5) is 22.0 Å². The van der Waals surface area contributed by atoms with Crippen molar-refractivity contribution in [1.29, 1.82) is 0 Å². The molecule has 650 valence electrons. The largest absolute Gasteiger partial charge is 0.506 e. The number of methoxy groups -OCH3 is 2. The summed E-state index contributed by atoms with van der Waals surface area (Å²) in [7, 11) is -4.44. The quantitative estimate of drug-likeness (QED) is 0.0285. The maximum absolute atomic E-state index is 13.3. The number of hydrogen-bond acceptors (Lipinski definition) is 21. The van der Waals surface area contributed by atoms with Crippen molar-refractivity contribution < 1.29 is 79.1 Å². The van der Waals surface area contributed by atoms with Crippen molar-refractivity contribution in [3.05, 3.63) is 254 Å². The van der Waals surface area contributed by atoms with Crippen molar-refractivity contribution in [3.63, 3.8) is 0 Å². The van der Waals surface area contributed by atoms with E-state index < -0.39 is 56.8 Å². The first-order valence-corrected chi connectivity index (χ1v) is 50.3. The maximum atomic E-state index is 13.3. The summed E-state index contributed by atoms with van der Waals surface area (Å²) in [6, 6.07) is 20.8. The molecule has 0 saturated carbocycles. The van der Waals surface area contributed by atoms with Crippen LogP contribution in [0.5, 0.6) is 11.5 Å². The number of aromatic nitrogens is 9. The van der Waals surface area contributed by atoms with Gasteiger partial charge in [0, 0.05) is 71.7 Å². The Morgan fingerprint density at radius 1 is 0.347 bits per heavy atom. The maximum Gasteiger partial charge on any atom is 0.356 e. The van der Waals surface area contributed by atoms with Crippen LogP contribution in [0, 0.1) is 77.6 Å². The average Bonchev–Trinajstić information content (AvgIpc) is 0.838. The third-order valence-electron chi connectivity index (χ3n) is 19.7. The van der Waals surface area contributed by atoms with Gasteiger partial charge in [-0.1, -0.05) is 101 Å². The molecule has 0 aliphatic carbocycles. The van der Waals surface area contributed by atoms with Crippen molar-refractivity contribution in [2.75, 3.05) is 14.2 Å². The van der Waals surface area contributed by atoms with E-state index in [0.29, 0.717) is 76.2 Å². The number of aryl methyl sites for hydroxylation is 7. The molecule has 0 aliphatic heterocycles. The minimum absolute atomic E-state index is 0.0256. The number of halogens is 6. The van der Waals surface area contributed by atoms with E-state index in [1.807, 2.05) is 51.2 Å². The highest BCUT2D eigenvalue weighted by atomic mass is 35.5. The standard InChI is InChI=1S/2C13H22FNOSi.C13H23NOSi.C12H20FNO2Si.C8H9NO2.C7H7ClFN.C7H8FNO.C7H7NO3.C7H9NO/c2*1-10-8-15-11(7-12(10)14)9-16-17(5,6)13(2,3)4;1-11-7-8-12(14-9-11)10-15-16(5,6)13(2,3)4;1-12(2,3)17(4,5)16-8-9-6-10(13)11(15)7-14-9;1-6-3-4-7(9-5-6)8(10)11-2;1-5-4-10-6(3-8)2-7(5)9;1-5-3-9-6(4-10)2-7(5)8;1-11-7(10)6-3-2-5(9)4-8-6;1-6-2-3-7(5-9)8-4-6/h2*7-8H,9H2,1-6H3;7-9H,10H2,1-6H3;6-7,15H,8H2,1-5H3;3-5H,1-2H3;2,4H,3H2,1H3;2-3,10H,4H2,1H3;2-4,9H,1H3;2-4,9H,5H2,1H3. The number of nitrogens with zero attached hydrogens (tertiary/aromatic N) is 9. The second-order valence-corrected chi connectivity index (χ2v) is 53.2. The monoisotopic (exact) mass is 1730 g/mol. The lowest BCUT2D eigenvalue weighted by atomic mass is 10.2. The van der Waals surface area contributed by atoms with Crippen molar-refractivity contribution in [1.82, 2.24) is 44.9 Å². The average molecular weight is 1730 g/mol. The van der Waals surface area contributed by atoms with Gasteiger partial charge in [0.25, 0.3) is 0 Å². The van der Waals surface area contributed by atoms with E-state index in [4.69, 9.17) is 49.7 Å². The molecule has 0 bridgehead atoms. The van der Waals surface area contributed by atoms with Crippen molar-refractivity contribution in [2.45, 2.75) is 250 Å². The summed E-state index contributed by atoms with van der Waals surface area (Å²) in [4.78, 5) is 57.4. The van der Waals surface area contributed by atoms with E-state index in [0.717, 1.165) is 28.7 Å². The van der Waals surface area contributed by atoms with Gasteiger partial charge < -0.3 is 47.6 Å². The molecule has 118 heavy (non-hydrogen) atoms. The summed E-state index contributed by atoms with van der Waals surface area (Å²) >= 11 is 5.42. The zero-order chi connectivity index (χ0) is 90.5. The second kappa shape index (κ2) is 49.9. The second-order valence-electron chi connectivity index (χ2n) is 33.7. The zero-order valence-corrected chi connectivity index (χ0v) is 79.3. The first-order valence-electron chi connectivity index (χ1n) is 38.1. The lowest BCUT2D eigenvalue weighted by Crippen LogP contribution is -2.40.